The van der Waals surface area contributed by atoms with Crippen molar-refractivity contribution >= 4 is 20.9 Å². The Bertz CT molecular complexity index is 1250. The van der Waals surface area contributed by atoms with Gasteiger partial charge in [0.2, 0.25) is 0 Å². The Kier molecular flexibility index (Phi) is 5.72. The molecule has 0 fully saturated rings. The molecule has 0 aliphatic heterocycles. The van der Waals surface area contributed by atoms with Crippen molar-refractivity contribution in [1.29, 1.82) is 0 Å². The monoisotopic (exact) mass is 420 g/mol. The third kappa shape index (κ3) is 3.89. The minimum atomic E-state index is -3.75. The SMILES string of the molecule is CC(CO)NCc1ccc(S(=O)(=O)n2cc(-c3ccccc3)c3ccccc32)cc1. The highest BCUT2D eigenvalue weighted by Gasteiger charge is 2.21. The number of nitrogens with one attached hydrogen (secondary N) is 1. The Morgan fingerprint density at radius 3 is 2.30 bits per heavy atom. The van der Waals surface area contributed by atoms with Crippen molar-refractivity contribution in [2.75, 3.05) is 6.61 Å². The number of aromatic nitrogens is 1. The summed E-state index contributed by atoms with van der Waals surface area (Å²) in [6, 6.07) is 24.2. The van der Waals surface area contributed by atoms with E-state index in [1.54, 1.807) is 30.5 Å². The quantitative estimate of drug-likeness (QED) is 0.474. The van der Waals surface area contributed by atoms with E-state index in [0.29, 0.717) is 12.1 Å². The first-order valence-electron chi connectivity index (χ1n) is 9.85. The first-order chi connectivity index (χ1) is 14.5. The Labute approximate surface area is 176 Å². The van der Waals surface area contributed by atoms with Crippen molar-refractivity contribution in [2.45, 2.75) is 24.4 Å². The number of para-hydroxylation sites is 1. The predicted octanol–water partition coefficient (Wildman–Crippen LogP) is 4.02. The van der Waals surface area contributed by atoms with Crippen molar-refractivity contribution < 1.29 is 13.5 Å². The summed E-state index contributed by atoms with van der Waals surface area (Å²) in [6.45, 7) is 2.50. The van der Waals surface area contributed by atoms with E-state index in [-0.39, 0.29) is 17.5 Å². The minimum absolute atomic E-state index is 0.0175. The number of nitrogens with zero attached hydrogens (tertiary/aromatic N) is 1. The smallest absolute Gasteiger partial charge is 0.268 e. The van der Waals surface area contributed by atoms with E-state index in [1.165, 1.54) is 3.97 Å². The summed E-state index contributed by atoms with van der Waals surface area (Å²) < 4.78 is 28.2. The van der Waals surface area contributed by atoms with Crippen LogP contribution in [0.3, 0.4) is 0 Å². The third-order valence-corrected chi connectivity index (χ3v) is 6.86. The van der Waals surface area contributed by atoms with Gasteiger partial charge in [0.1, 0.15) is 0 Å². The largest absolute Gasteiger partial charge is 0.395 e. The molecule has 1 atom stereocenters. The summed E-state index contributed by atoms with van der Waals surface area (Å²) in [5, 5.41) is 13.2. The fraction of sp³-hybridized carbons (Fsp3) is 0.167. The minimum Gasteiger partial charge on any atom is -0.395 e. The van der Waals surface area contributed by atoms with Crippen LogP contribution in [0.4, 0.5) is 0 Å². The molecule has 4 rings (SSSR count). The molecule has 30 heavy (non-hydrogen) atoms. The van der Waals surface area contributed by atoms with Crippen molar-refractivity contribution in [3.05, 3.63) is 90.6 Å². The van der Waals surface area contributed by atoms with E-state index >= 15 is 0 Å². The highest BCUT2D eigenvalue weighted by atomic mass is 32.2. The summed E-state index contributed by atoms with van der Waals surface area (Å²) in [4.78, 5) is 0.238. The molecular weight excluding hydrogens is 396 g/mol. The number of rotatable bonds is 7. The Morgan fingerprint density at radius 1 is 0.933 bits per heavy atom. The number of hydrogen-bond donors (Lipinski definition) is 2. The second-order valence-electron chi connectivity index (χ2n) is 7.34. The molecule has 3 aromatic carbocycles. The lowest BCUT2D eigenvalue weighted by molar-refractivity contribution is 0.251. The summed E-state index contributed by atoms with van der Waals surface area (Å²) >= 11 is 0. The van der Waals surface area contributed by atoms with Crippen LogP contribution in [-0.2, 0) is 16.6 Å². The van der Waals surface area contributed by atoms with Crippen LogP contribution < -0.4 is 5.32 Å². The fourth-order valence-electron chi connectivity index (χ4n) is 3.45. The number of benzene rings is 3. The Morgan fingerprint density at radius 2 is 1.60 bits per heavy atom. The molecule has 5 nitrogen and oxygen atoms in total. The van der Waals surface area contributed by atoms with Crippen LogP contribution in [0.1, 0.15) is 12.5 Å². The first kappa shape index (κ1) is 20.3. The Balaban J connectivity index is 1.73. The molecule has 0 radical (unpaired) electrons. The van der Waals surface area contributed by atoms with Gasteiger partial charge in [0.15, 0.2) is 0 Å². The van der Waals surface area contributed by atoms with Crippen molar-refractivity contribution in [2.24, 2.45) is 0 Å². The van der Waals surface area contributed by atoms with Crippen LogP contribution in [0.2, 0.25) is 0 Å². The first-order valence-corrected chi connectivity index (χ1v) is 11.3. The maximum absolute atomic E-state index is 13.4. The van der Waals surface area contributed by atoms with E-state index in [2.05, 4.69) is 5.32 Å². The zero-order chi connectivity index (χ0) is 21.1. The van der Waals surface area contributed by atoms with E-state index in [9.17, 15) is 8.42 Å². The van der Waals surface area contributed by atoms with Gasteiger partial charge in [-0.3, -0.25) is 0 Å². The van der Waals surface area contributed by atoms with Gasteiger partial charge in [-0.05, 0) is 36.2 Å². The van der Waals surface area contributed by atoms with Crippen LogP contribution in [0.5, 0.6) is 0 Å². The maximum Gasteiger partial charge on any atom is 0.268 e. The molecule has 0 amide bonds. The number of hydrogen-bond acceptors (Lipinski definition) is 4. The van der Waals surface area contributed by atoms with Gasteiger partial charge in [-0.15, -0.1) is 0 Å². The second-order valence-corrected chi connectivity index (χ2v) is 9.15. The predicted molar refractivity (Wildman–Crippen MR) is 120 cm³/mol. The van der Waals surface area contributed by atoms with Gasteiger partial charge in [-0.25, -0.2) is 12.4 Å². The summed E-state index contributed by atoms with van der Waals surface area (Å²) in [6.07, 6.45) is 1.70. The molecule has 154 valence electrons. The molecule has 4 aromatic rings. The standard InChI is InChI=1S/C24H24N2O3S/c1-18(17-27)25-15-19-11-13-21(14-12-19)30(28,29)26-16-23(20-7-3-2-4-8-20)22-9-5-6-10-24(22)26/h2-14,16,18,25,27H,15,17H2,1H3. The highest BCUT2D eigenvalue weighted by molar-refractivity contribution is 7.90. The summed E-state index contributed by atoms with van der Waals surface area (Å²) in [5.74, 6) is 0. The summed E-state index contributed by atoms with van der Waals surface area (Å²) in [5.41, 5.74) is 3.46. The molecule has 0 aliphatic rings. The van der Waals surface area contributed by atoms with E-state index in [0.717, 1.165) is 22.1 Å². The second kappa shape index (κ2) is 8.44. The van der Waals surface area contributed by atoms with Gasteiger partial charge in [0.25, 0.3) is 10.0 Å². The molecular formula is C24H24N2O3S. The molecule has 1 unspecified atom stereocenters. The van der Waals surface area contributed by atoms with Crippen LogP contribution in [0, 0.1) is 0 Å². The van der Waals surface area contributed by atoms with Gasteiger partial charge in [0, 0.05) is 29.7 Å². The molecule has 6 heteroatoms. The third-order valence-electron chi connectivity index (χ3n) is 5.17. The molecule has 0 saturated heterocycles. The average Bonchev–Trinajstić information content (AvgIpc) is 3.19. The maximum atomic E-state index is 13.4. The van der Waals surface area contributed by atoms with Crippen molar-refractivity contribution in [3.63, 3.8) is 0 Å². The molecule has 1 aromatic heterocycles. The lowest BCUT2D eigenvalue weighted by Crippen LogP contribution is -2.28. The van der Waals surface area contributed by atoms with Gasteiger partial charge in [-0.2, -0.15) is 0 Å². The van der Waals surface area contributed by atoms with E-state index in [4.69, 9.17) is 5.11 Å². The van der Waals surface area contributed by atoms with Crippen molar-refractivity contribution in [3.8, 4) is 11.1 Å². The number of fused-ring (bicyclic) bond motifs is 1. The lowest BCUT2D eigenvalue weighted by Gasteiger charge is -2.11. The zero-order valence-electron chi connectivity index (χ0n) is 16.7. The molecule has 2 N–H and O–H groups in total. The molecule has 0 spiro atoms. The van der Waals surface area contributed by atoms with E-state index in [1.807, 2.05) is 61.5 Å². The van der Waals surface area contributed by atoms with Gasteiger partial charge < -0.3 is 10.4 Å². The van der Waals surface area contributed by atoms with Crippen LogP contribution in [0.15, 0.2) is 90.0 Å². The molecule has 0 bridgehead atoms. The van der Waals surface area contributed by atoms with Crippen LogP contribution >= 0.6 is 0 Å². The molecule has 0 saturated carbocycles. The van der Waals surface area contributed by atoms with Gasteiger partial charge >= 0.3 is 0 Å². The van der Waals surface area contributed by atoms with Gasteiger partial charge in [-0.1, -0.05) is 60.7 Å². The average molecular weight is 421 g/mol. The lowest BCUT2D eigenvalue weighted by atomic mass is 10.1. The number of aliphatic hydroxyl groups excluding tert-OH is 1. The fourth-order valence-corrected chi connectivity index (χ4v) is 4.82. The summed E-state index contributed by atoms with van der Waals surface area (Å²) in [7, 11) is -3.75. The zero-order valence-corrected chi connectivity index (χ0v) is 17.5. The van der Waals surface area contributed by atoms with Gasteiger partial charge in [0.05, 0.1) is 17.0 Å². The van der Waals surface area contributed by atoms with E-state index < -0.39 is 10.0 Å². The van der Waals surface area contributed by atoms with Crippen molar-refractivity contribution in [1.82, 2.24) is 9.29 Å². The Hall–Kier alpha value is -2.93. The molecule has 1 heterocycles. The van der Waals surface area contributed by atoms with Crippen LogP contribution in [-0.4, -0.2) is 30.1 Å². The highest BCUT2D eigenvalue weighted by Crippen LogP contribution is 2.32. The topological polar surface area (TPSA) is 71.3 Å². The normalized spacial score (nSPS) is 12.9. The van der Waals surface area contributed by atoms with Crippen LogP contribution in [0.25, 0.3) is 22.0 Å². The number of aliphatic hydroxyl groups is 1. The molecule has 0 aliphatic carbocycles.